The van der Waals surface area contributed by atoms with E-state index in [9.17, 15) is 4.79 Å². The number of ether oxygens (including phenoxy) is 1. The van der Waals surface area contributed by atoms with Gasteiger partial charge in [-0.3, -0.25) is 4.79 Å². The van der Waals surface area contributed by atoms with Crippen LogP contribution in [0.25, 0.3) is 0 Å². The van der Waals surface area contributed by atoms with Crippen molar-refractivity contribution in [3.63, 3.8) is 0 Å². The van der Waals surface area contributed by atoms with Crippen LogP contribution in [0.4, 0.5) is 0 Å². The molecule has 0 bridgehead atoms. The third-order valence-electron chi connectivity index (χ3n) is 4.22. The topological polar surface area (TPSA) is 44.8 Å². The minimum absolute atomic E-state index is 0. The third-order valence-corrected chi connectivity index (χ3v) is 4.22. The summed E-state index contributed by atoms with van der Waals surface area (Å²) in [5, 5.41) is 3.29. The fourth-order valence-electron chi connectivity index (χ4n) is 2.99. The SMILES string of the molecule is CN(C)CCCOC1CCN(C(=O)C2CCCN2)CC1.Cl. The zero-order chi connectivity index (χ0) is 14.4. The van der Waals surface area contributed by atoms with Crippen molar-refractivity contribution in [2.75, 3.05) is 46.9 Å². The lowest BCUT2D eigenvalue weighted by Crippen LogP contribution is -2.48. The van der Waals surface area contributed by atoms with Gasteiger partial charge in [0.25, 0.3) is 0 Å². The highest BCUT2D eigenvalue weighted by atomic mass is 35.5. The van der Waals surface area contributed by atoms with Crippen LogP contribution in [0.5, 0.6) is 0 Å². The van der Waals surface area contributed by atoms with E-state index in [1.54, 1.807) is 0 Å². The molecule has 2 saturated heterocycles. The molecule has 124 valence electrons. The third kappa shape index (κ3) is 6.10. The Bertz CT molecular complexity index is 301. The number of amides is 1. The van der Waals surface area contributed by atoms with Gasteiger partial charge >= 0.3 is 0 Å². The van der Waals surface area contributed by atoms with E-state index >= 15 is 0 Å². The molecule has 1 unspecified atom stereocenters. The molecule has 21 heavy (non-hydrogen) atoms. The summed E-state index contributed by atoms with van der Waals surface area (Å²) in [6.45, 7) is 4.61. The van der Waals surface area contributed by atoms with Crippen molar-refractivity contribution in [2.45, 2.75) is 44.2 Å². The Hall–Kier alpha value is -0.360. The van der Waals surface area contributed by atoms with Crippen molar-refractivity contribution in [1.82, 2.24) is 15.1 Å². The van der Waals surface area contributed by atoms with Crippen LogP contribution in [0.3, 0.4) is 0 Å². The summed E-state index contributed by atoms with van der Waals surface area (Å²) in [6, 6.07) is 0.0764. The lowest BCUT2D eigenvalue weighted by atomic mass is 10.1. The van der Waals surface area contributed by atoms with E-state index in [-0.39, 0.29) is 18.4 Å². The second-order valence-electron chi connectivity index (χ2n) is 6.20. The van der Waals surface area contributed by atoms with Gasteiger partial charge in [-0.2, -0.15) is 0 Å². The lowest BCUT2D eigenvalue weighted by Gasteiger charge is -2.33. The maximum Gasteiger partial charge on any atom is 0.239 e. The van der Waals surface area contributed by atoms with Crippen LogP contribution in [0.2, 0.25) is 0 Å². The molecule has 1 amide bonds. The fourth-order valence-corrected chi connectivity index (χ4v) is 2.99. The normalized spacial score (nSPS) is 23.4. The van der Waals surface area contributed by atoms with Crippen LogP contribution in [0.1, 0.15) is 32.1 Å². The van der Waals surface area contributed by atoms with Crippen LogP contribution >= 0.6 is 12.4 Å². The van der Waals surface area contributed by atoms with E-state index in [2.05, 4.69) is 24.3 Å². The van der Waals surface area contributed by atoms with Crippen LogP contribution in [-0.2, 0) is 9.53 Å². The Morgan fingerprint density at radius 2 is 2.00 bits per heavy atom. The highest BCUT2D eigenvalue weighted by Gasteiger charge is 2.29. The van der Waals surface area contributed by atoms with Crippen molar-refractivity contribution in [2.24, 2.45) is 0 Å². The van der Waals surface area contributed by atoms with Gasteiger partial charge in [-0.15, -0.1) is 12.4 Å². The number of hydrogen-bond acceptors (Lipinski definition) is 4. The highest BCUT2D eigenvalue weighted by Crippen LogP contribution is 2.17. The minimum atomic E-state index is 0. The van der Waals surface area contributed by atoms with Crippen LogP contribution < -0.4 is 5.32 Å². The first-order chi connectivity index (χ1) is 9.66. The van der Waals surface area contributed by atoms with Crippen molar-refractivity contribution in [3.05, 3.63) is 0 Å². The second-order valence-corrected chi connectivity index (χ2v) is 6.20. The van der Waals surface area contributed by atoms with E-state index < -0.39 is 0 Å². The van der Waals surface area contributed by atoms with Gasteiger partial charge in [0, 0.05) is 19.7 Å². The van der Waals surface area contributed by atoms with Gasteiger partial charge in [-0.05, 0) is 59.3 Å². The smallest absolute Gasteiger partial charge is 0.239 e. The van der Waals surface area contributed by atoms with Crippen molar-refractivity contribution in [3.8, 4) is 0 Å². The number of likely N-dealkylation sites (tertiary alicyclic amines) is 1. The van der Waals surface area contributed by atoms with Crippen molar-refractivity contribution in [1.29, 1.82) is 0 Å². The Morgan fingerprint density at radius 1 is 1.29 bits per heavy atom. The summed E-state index contributed by atoms with van der Waals surface area (Å²) in [6.07, 6.45) is 5.53. The number of hydrogen-bond donors (Lipinski definition) is 1. The van der Waals surface area contributed by atoms with E-state index in [4.69, 9.17) is 4.74 Å². The fraction of sp³-hybridized carbons (Fsp3) is 0.933. The number of nitrogens with one attached hydrogen (secondary N) is 1. The van der Waals surface area contributed by atoms with Gasteiger partial charge in [0.05, 0.1) is 12.1 Å². The van der Waals surface area contributed by atoms with Gasteiger partial charge in [0.1, 0.15) is 0 Å². The quantitative estimate of drug-likeness (QED) is 0.745. The number of carbonyl (C=O) groups excluding carboxylic acids is 1. The number of nitrogens with zero attached hydrogens (tertiary/aromatic N) is 2. The van der Waals surface area contributed by atoms with Gasteiger partial charge < -0.3 is 19.9 Å². The van der Waals surface area contributed by atoms with Crippen molar-refractivity contribution >= 4 is 18.3 Å². The predicted molar refractivity (Wildman–Crippen MR) is 87.0 cm³/mol. The molecule has 1 atom stereocenters. The number of rotatable bonds is 6. The van der Waals surface area contributed by atoms with Crippen LogP contribution in [-0.4, -0.2) is 74.7 Å². The van der Waals surface area contributed by atoms with Crippen molar-refractivity contribution < 1.29 is 9.53 Å². The Balaban J connectivity index is 0.00000220. The molecule has 0 aromatic carbocycles. The Kier molecular flexibility index (Phi) is 8.56. The molecule has 5 nitrogen and oxygen atoms in total. The summed E-state index contributed by atoms with van der Waals surface area (Å²) in [4.78, 5) is 16.5. The van der Waals surface area contributed by atoms with E-state index in [0.717, 1.165) is 64.9 Å². The zero-order valence-corrected chi connectivity index (χ0v) is 14.2. The summed E-state index contributed by atoms with van der Waals surface area (Å²) >= 11 is 0. The lowest BCUT2D eigenvalue weighted by molar-refractivity contribution is -0.135. The molecule has 2 aliphatic heterocycles. The first-order valence-corrected chi connectivity index (χ1v) is 7.95. The molecular weight excluding hydrogens is 290 g/mol. The molecular formula is C15H30ClN3O2. The van der Waals surface area contributed by atoms with Gasteiger partial charge in [0.2, 0.25) is 5.91 Å². The molecule has 0 saturated carbocycles. The van der Waals surface area contributed by atoms with E-state index in [1.807, 2.05) is 4.90 Å². The van der Waals surface area contributed by atoms with E-state index in [1.165, 1.54) is 0 Å². The van der Waals surface area contributed by atoms with Gasteiger partial charge in [-0.1, -0.05) is 0 Å². The zero-order valence-electron chi connectivity index (χ0n) is 13.3. The number of halogens is 1. The molecule has 6 heteroatoms. The maximum atomic E-state index is 12.3. The molecule has 1 N–H and O–H groups in total. The molecule has 2 rings (SSSR count). The molecule has 0 aromatic rings. The maximum absolute atomic E-state index is 12.3. The number of carbonyl (C=O) groups is 1. The van der Waals surface area contributed by atoms with E-state index in [0.29, 0.717) is 12.0 Å². The van der Waals surface area contributed by atoms with Gasteiger partial charge in [-0.25, -0.2) is 0 Å². The molecule has 2 heterocycles. The second kappa shape index (κ2) is 9.62. The average molecular weight is 320 g/mol. The van der Waals surface area contributed by atoms with Gasteiger partial charge in [0.15, 0.2) is 0 Å². The summed E-state index contributed by atoms with van der Waals surface area (Å²) in [5.74, 6) is 0.300. The molecule has 2 aliphatic rings. The summed E-state index contributed by atoms with van der Waals surface area (Å²) < 4.78 is 5.91. The standard InChI is InChI=1S/C15H29N3O2.ClH/c1-17(2)9-4-12-20-13-6-10-18(11-7-13)15(19)14-5-3-8-16-14;/h13-14,16H,3-12H2,1-2H3;1H. The highest BCUT2D eigenvalue weighted by molar-refractivity contribution is 5.85. The molecule has 2 fully saturated rings. The predicted octanol–water partition coefficient (Wildman–Crippen LogP) is 1.12. The number of piperidine rings is 1. The average Bonchev–Trinajstić information content (AvgIpc) is 2.97. The molecule has 0 radical (unpaired) electrons. The largest absolute Gasteiger partial charge is 0.378 e. The summed E-state index contributed by atoms with van der Waals surface area (Å²) in [7, 11) is 4.17. The minimum Gasteiger partial charge on any atom is -0.378 e. The van der Waals surface area contributed by atoms with Crippen LogP contribution in [0.15, 0.2) is 0 Å². The first kappa shape index (κ1) is 18.7. The monoisotopic (exact) mass is 319 g/mol. The molecule has 0 spiro atoms. The Morgan fingerprint density at radius 3 is 2.57 bits per heavy atom. The first-order valence-electron chi connectivity index (χ1n) is 7.95. The molecule has 0 aromatic heterocycles. The Labute approximate surface area is 134 Å². The molecule has 0 aliphatic carbocycles. The summed E-state index contributed by atoms with van der Waals surface area (Å²) in [5.41, 5.74) is 0. The van der Waals surface area contributed by atoms with Crippen LogP contribution in [0, 0.1) is 0 Å².